The van der Waals surface area contributed by atoms with Crippen molar-refractivity contribution in [1.29, 1.82) is 0 Å². The zero-order valence-electron chi connectivity index (χ0n) is 12.6. The third-order valence-electron chi connectivity index (χ3n) is 3.06. The molecule has 0 aromatic heterocycles. The molecule has 120 valence electrons. The van der Waals surface area contributed by atoms with Gasteiger partial charge in [0.25, 0.3) is 0 Å². The quantitative estimate of drug-likeness (QED) is 0.728. The molecule has 2 N–H and O–H groups in total. The van der Waals surface area contributed by atoms with Crippen LogP contribution in [0, 0.1) is 0 Å². The van der Waals surface area contributed by atoms with E-state index < -0.39 is 6.10 Å². The number of benzene rings is 1. The molecule has 0 fully saturated rings. The number of aliphatic hydroxyl groups is 1. The highest BCUT2D eigenvalue weighted by atomic mass is 35.5. The Labute approximate surface area is 136 Å². The molecule has 0 amide bonds. The Bertz CT molecular complexity index is 431. The third kappa shape index (κ3) is 6.96. The molecule has 0 aliphatic carbocycles. The van der Waals surface area contributed by atoms with E-state index in [1.165, 1.54) is 0 Å². The van der Waals surface area contributed by atoms with Crippen molar-refractivity contribution in [2.75, 3.05) is 26.9 Å². The molecule has 21 heavy (non-hydrogen) atoms. The summed E-state index contributed by atoms with van der Waals surface area (Å²) in [6.45, 7) is 5.07. The van der Waals surface area contributed by atoms with Crippen LogP contribution >= 0.6 is 23.2 Å². The minimum Gasteiger partial charge on any atom is -0.389 e. The summed E-state index contributed by atoms with van der Waals surface area (Å²) in [4.78, 5) is 0. The molecule has 6 heteroatoms. The van der Waals surface area contributed by atoms with Crippen molar-refractivity contribution in [3.63, 3.8) is 0 Å². The van der Waals surface area contributed by atoms with Crippen molar-refractivity contribution in [2.45, 2.75) is 32.1 Å². The van der Waals surface area contributed by atoms with Gasteiger partial charge in [0.15, 0.2) is 0 Å². The van der Waals surface area contributed by atoms with Gasteiger partial charge >= 0.3 is 0 Å². The van der Waals surface area contributed by atoms with Crippen molar-refractivity contribution in [1.82, 2.24) is 5.32 Å². The van der Waals surface area contributed by atoms with E-state index in [2.05, 4.69) is 5.32 Å². The summed E-state index contributed by atoms with van der Waals surface area (Å²) in [7, 11) is 1.62. The number of rotatable bonds is 9. The van der Waals surface area contributed by atoms with E-state index in [0.29, 0.717) is 23.2 Å². The van der Waals surface area contributed by atoms with Crippen LogP contribution in [0.25, 0.3) is 0 Å². The van der Waals surface area contributed by atoms with Gasteiger partial charge in [-0.05, 0) is 31.5 Å². The number of ether oxygens (including phenoxy) is 2. The van der Waals surface area contributed by atoms with E-state index in [1.807, 2.05) is 19.9 Å². The first-order chi connectivity index (χ1) is 9.93. The Kier molecular flexibility index (Phi) is 8.56. The summed E-state index contributed by atoms with van der Waals surface area (Å²) in [6.07, 6.45) is -0.620. The summed E-state index contributed by atoms with van der Waals surface area (Å²) in [5.74, 6) is 0. The van der Waals surface area contributed by atoms with E-state index in [9.17, 15) is 5.11 Å². The maximum Gasteiger partial charge on any atom is 0.0898 e. The van der Waals surface area contributed by atoms with Gasteiger partial charge < -0.3 is 19.9 Å². The van der Waals surface area contributed by atoms with Crippen LogP contribution in [-0.4, -0.2) is 44.2 Å². The number of halogens is 2. The van der Waals surface area contributed by atoms with E-state index in [0.717, 1.165) is 5.56 Å². The van der Waals surface area contributed by atoms with Gasteiger partial charge in [-0.3, -0.25) is 0 Å². The fourth-order valence-corrected chi connectivity index (χ4v) is 2.46. The lowest BCUT2D eigenvalue weighted by Gasteiger charge is -2.20. The van der Waals surface area contributed by atoms with Gasteiger partial charge in [0.1, 0.15) is 0 Å². The Hall–Kier alpha value is -0.360. The first kappa shape index (κ1) is 18.7. The van der Waals surface area contributed by atoms with Crippen LogP contribution < -0.4 is 5.32 Å². The van der Waals surface area contributed by atoms with Crippen molar-refractivity contribution < 1.29 is 14.6 Å². The van der Waals surface area contributed by atoms with E-state index >= 15 is 0 Å². The molecule has 0 radical (unpaired) electrons. The standard InChI is InChI=1S/C15H23Cl2NO3/c1-10(8-20-3)21-9-13(19)7-18-11(2)14-5-4-12(16)6-15(14)17/h4-6,10-11,13,18-19H,7-9H2,1-3H3. The van der Waals surface area contributed by atoms with Crippen LogP contribution in [0.4, 0.5) is 0 Å². The molecule has 3 unspecified atom stereocenters. The molecule has 0 aliphatic rings. The second-order valence-corrected chi connectivity index (χ2v) is 5.89. The monoisotopic (exact) mass is 335 g/mol. The fourth-order valence-electron chi connectivity index (χ4n) is 1.89. The second-order valence-electron chi connectivity index (χ2n) is 5.05. The minimum absolute atomic E-state index is 0.0146. The smallest absolute Gasteiger partial charge is 0.0898 e. The molecular weight excluding hydrogens is 313 g/mol. The van der Waals surface area contributed by atoms with Crippen LogP contribution in [-0.2, 0) is 9.47 Å². The van der Waals surface area contributed by atoms with Gasteiger partial charge in [0.2, 0.25) is 0 Å². The summed E-state index contributed by atoms with van der Waals surface area (Å²) >= 11 is 12.0. The van der Waals surface area contributed by atoms with Crippen LogP contribution in [0.5, 0.6) is 0 Å². The lowest BCUT2D eigenvalue weighted by atomic mass is 10.1. The van der Waals surface area contributed by atoms with Gasteiger partial charge in [0, 0.05) is 29.7 Å². The fraction of sp³-hybridized carbons (Fsp3) is 0.600. The van der Waals surface area contributed by atoms with Crippen LogP contribution in [0.2, 0.25) is 10.0 Å². The SMILES string of the molecule is COCC(C)OCC(O)CNC(C)c1ccc(Cl)cc1Cl. The topological polar surface area (TPSA) is 50.7 Å². The molecule has 1 aromatic carbocycles. The molecule has 3 atom stereocenters. The Morgan fingerprint density at radius 1 is 1.24 bits per heavy atom. The zero-order chi connectivity index (χ0) is 15.8. The molecule has 0 saturated carbocycles. The summed E-state index contributed by atoms with van der Waals surface area (Å²) < 4.78 is 10.4. The first-order valence-electron chi connectivity index (χ1n) is 6.91. The zero-order valence-corrected chi connectivity index (χ0v) is 14.1. The van der Waals surface area contributed by atoms with Gasteiger partial charge in [0.05, 0.1) is 25.4 Å². The van der Waals surface area contributed by atoms with Gasteiger partial charge in [-0.1, -0.05) is 29.3 Å². The molecule has 0 heterocycles. The molecule has 1 aromatic rings. The van der Waals surface area contributed by atoms with Crippen LogP contribution in [0.1, 0.15) is 25.5 Å². The average Bonchev–Trinajstić information content (AvgIpc) is 2.43. The third-order valence-corrected chi connectivity index (χ3v) is 3.63. The maximum atomic E-state index is 9.89. The Balaban J connectivity index is 2.36. The molecule has 4 nitrogen and oxygen atoms in total. The summed E-state index contributed by atoms with van der Waals surface area (Å²) in [6, 6.07) is 5.40. The minimum atomic E-state index is -0.585. The van der Waals surface area contributed by atoms with Gasteiger partial charge in [-0.2, -0.15) is 0 Å². The predicted octanol–water partition coefficient (Wildman–Crippen LogP) is 3.06. The Morgan fingerprint density at radius 3 is 2.57 bits per heavy atom. The summed E-state index contributed by atoms with van der Waals surface area (Å²) in [5, 5.41) is 14.3. The predicted molar refractivity (Wildman–Crippen MR) is 86.2 cm³/mol. The number of methoxy groups -OCH3 is 1. The maximum absolute atomic E-state index is 9.89. The van der Waals surface area contributed by atoms with Crippen molar-refractivity contribution in [2.24, 2.45) is 0 Å². The highest BCUT2D eigenvalue weighted by molar-refractivity contribution is 6.35. The summed E-state index contributed by atoms with van der Waals surface area (Å²) in [5.41, 5.74) is 0.946. The highest BCUT2D eigenvalue weighted by Crippen LogP contribution is 2.25. The number of hydrogen-bond acceptors (Lipinski definition) is 4. The average molecular weight is 336 g/mol. The molecule has 0 saturated heterocycles. The van der Waals surface area contributed by atoms with Crippen molar-refractivity contribution >= 4 is 23.2 Å². The number of hydrogen-bond donors (Lipinski definition) is 2. The van der Waals surface area contributed by atoms with E-state index in [-0.39, 0.29) is 18.8 Å². The lowest BCUT2D eigenvalue weighted by Crippen LogP contribution is -2.33. The Morgan fingerprint density at radius 2 is 1.95 bits per heavy atom. The van der Waals surface area contributed by atoms with Gasteiger partial charge in [-0.25, -0.2) is 0 Å². The first-order valence-corrected chi connectivity index (χ1v) is 7.66. The molecule has 0 bridgehead atoms. The number of nitrogens with one attached hydrogen (secondary N) is 1. The normalized spacial score (nSPS) is 15.7. The second kappa shape index (κ2) is 9.62. The molecule has 0 aliphatic heterocycles. The number of aliphatic hydroxyl groups excluding tert-OH is 1. The van der Waals surface area contributed by atoms with E-state index in [1.54, 1.807) is 19.2 Å². The molecule has 1 rings (SSSR count). The molecule has 0 spiro atoms. The molecular formula is C15H23Cl2NO3. The largest absolute Gasteiger partial charge is 0.389 e. The van der Waals surface area contributed by atoms with Crippen molar-refractivity contribution in [3.8, 4) is 0 Å². The van der Waals surface area contributed by atoms with Gasteiger partial charge in [-0.15, -0.1) is 0 Å². The van der Waals surface area contributed by atoms with Crippen LogP contribution in [0.3, 0.4) is 0 Å². The van der Waals surface area contributed by atoms with E-state index in [4.69, 9.17) is 32.7 Å². The lowest BCUT2D eigenvalue weighted by molar-refractivity contribution is -0.0315. The highest BCUT2D eigenvalue weighted by Gasteiger charge is 2.13. The van der Waals surface area contributed by atoms with Crippen LogP contribution in [0.15, 0.2) is 18.2 Å². The van der Waals surface area contributed by atoms with Crippen molar-refractivity contribution in [3.05, 3.63) is 33.8 Å².